The number of benzene rings is 2. The molecule has 25 heavy (non-hydrogen) atoms. The van der Waals surface area contributed by atoms with Crippen molar-refractivity contribution in [3.63, 3.8) is 0 Å². The molecule has 1 N–H and O–H groups in total. The average molecular weight is 333 g/mol. The fourth-order valence-corrected chi connectivity index (χ4v) is 2.17. The first-order valence-electron chi connectivity index (χ1n) is 7.34. The molecule has 1 amide bonds. The SMILES string of the molecule is N#Cc1cccc(C(=O)Nc2cc(F)cc(Oc3cccnc3)c2)c1. The summed E-state index contributed by atoms with van der Waals surface area (Å²) in [7, 11) is 0. The van der Waals surface area contributed by atoms with E-state index in [-0.39, 0.29) is 11.4 Å². The van der Waals surface area contributed by atoms with Crippen molar-refractivity contribution in [3.05, 3.63) is 83.9 Å². The lowest BCUT2D eigenvalue weighted by Crippen LogP contribution is -2.12. The van der Waals surface area contributed by atoms with Gasteiger partial charge in [-0.25, -0.2) is 4.39 Å². The lowest BCUT2D eigenvalue weighted by Gasteiger charge is -2.09. The summed E-state index contributed by atoms with van der Waals surface area (Å²) < 4.78 is 19.3. The number of amides is 1. The van der Waals surface area contributed by atoms with E-state index >= 15 is 0 Å². The largest absolute Gasteiger partial charge is 0.456 e. The van der Waals surface area contributed by atoms with E-state index in [9.17, 15) is 9.18 Å². The van der Waals surface area contributed by atoms with Gasteiger partial charge in [0.1, 0.15) is 17.3 Å². The van der Waals surface area contributed by atoms with Crippen molar-refractivity contribution in [2.75, 3.05) is 5.32 Å². The number of ether oxygens (including phenoxy) is 1. The summed E-state index contributed by atoms with van der Waals surface area (Å²) in [6.45, 7) is 0. The van der Waals surface area contributed by atoms with Gasteiger partial charge in [0.15, 0.2) is 0 Å². The number of carbonyl (C=O) groups excluding carboxylic acids is 1. The summed E-state index contributed by atoms with van der Waals surface area (Å²) in [5.41, 5.74) is 0.914. The molecule has 0 bridgehead atoms. The molecule has 0 atom stereocenters. The number of carbonyl (C=O) groups is 1. The molecule has 0 aliphatic rings. The lowest BCUT2D eigenvalue weighted by molar-refractivity contribution is 0.102. The van der Waals surface area contributed by atoms with E-state index in [0.717, 1.165) is 0 Å². The Hall–Kier alpha value is -3.72. The van der Waals surface area contributed by atoms with E-state index in [4.69, 9.17) is 10.00 Å². The predicted octanol–water partition coefficient (Wildman–Crippen LogP) is 4.14. The Morgan fingerprint density at radius 2 is 2.00 bits per heavy atom. The zero-order valence-corrected chi connectivity index (χ0v) is 12.9. The second kappa shape index (κ2) is 7.23. The maximum absolute atomic E-state index is 13.8. The Morgan fingerprint density at radius 1 is 1.12 bits per heavy atom. The summed E-state index contributed by atoms with van der Waals surface area (Å²) in [4.78, 5) is 16.2. The quantitative estimate of drug-likeness (QED) is 0.779. The van der Waals surface area contributed by atoms with Crippen LogP contribution in [0.4, 0.5) is 10.1 Å². The Morgan fingerprint density at radius 3 is 2.76 bits per heavy atom. The summed E-state index contributed by atoms with van der Waals surface area (Å²) in [5.74, 6) is -0.321. The molecule has 3 rings (SSSR count). The van der Waals surface area contributed by atoms with Gasteiger partial charge in [-0.2, -0.15) is 5.26 Å². The van der Waals surface area contributed by atoms with Crippen LogP contribution < -0.4 is 10.1 Å². The van der Waals surface area contributed by atoms with Crippen LogP contribution in [0.25, 0.3) is 0 Å². The van der Waals surface area contributed by atoms with Crippen molar-refractivity contribution in [1.29, 1.82) is 5.26 Å². The molecule has 1 aromatic heterocycles. The van der Waals surface area contributed by atoms with Gasteiger partial charge in [0.05, 0.1) is 17.8 Å². The topological polar surface area (TPSA) is 75.0 Å². The van der Waals surface area contributed by atoms with Gasteiger partial charge in [0, 0.05) is 29.6 Å². The molecule has 0 aliphatic heterocycles. The number of halogens is 1. The van der Waals surface area contributed by atoms with Crippen LogP contribution in [0.3, 0.4) is 0 Å². The van der Waals surface area contributed by atoms with Crippen LogP contribution in [-0.2, 0) is 0 Å². The third-order valence-electron chi connectivity index (χ3n) is 3.25. The first kappa shape index (κ1) is 16.1. The van der Waals surface area contributed by atoms with Crippen LogP contribution in [0, 0.1) is 17.1 Å². The summed E-state index contributed by atoms with van der Waals surface area (Å²) in [5, 5.41) is 11.5. The molecular weight excluding hydrogens is 321 g/mol. The molecule has 0 saturated heterocycles. The Labute approximate surface area is 143 Å². The van der Waals surface area contributed by atoms with Crippen molar-refractivity contribution >= 4 is 11.6 Å². The number of anilines is 1. The number of nitriles is 1. The van der Waals surface area contributed by atoms with Crippen molar-refractivity contribution in [3.8, 4) is 17.6 Å². The van der Waals surface area contributed by atoms with Gasteiger partial charge in [-0.15, -0.1) is 0 Å². The molecule has 5 nitrogen and oxygen atoms in total. The molecule has 1 heterocycles. The van der Waals surface area contributed by atoms with Crippen LogP contribution >= 0.6 is 0 Å². The van der Waals surface area contributed by atoms with E-state index in [1.54, 1.807) is 36.5 Å². The highest BCUT2D eigenvalue weighted by atomic mass is 19.1. The van der Waals surface area contributed by atoms with Crippen molar-refractivity contribution < 1.29 is 13.9 Å². The van der Waals surface area contributed by atoms with E-state index in [1.807, 2.05) is 6.07 Å². The average Bonchev–Trinajstić information content (AvgIpc) is 2.62. The number of pyridine rings is 1. The van der Waals surface area contributed by atoms with Crippen LogP contribution in [-0.4, -0.2) is 10.9 Å². The van der Waals surface area contributed by atoms with E-state index in [0.29, 0.717) is 16.9 Å². The van der Waals surface area contributed by atoms with Gasteiger partial charge in [0.25, 0.3) is 5.91 Å². The molecule has 3 aromatic rings. The van der Waals surface area contributed by atoms with Crippen molar-refractivity contribution in [2.45, 2.75) is 0 Å². The van der Waals surface area contributed by atoms with E-state index in [1.165, 1.54) is 30.5 Å². The number of nitrogens with one attached hydrogen (secondary N) is 1. The Balaban J connectivity index is 1.80. The second-order valence-electron chi connectivity index (χ2n) is 5.11. The predicted molar refractivity (Wildman–Crippen MR) is 89.8 cm³/mol. The van der Waals surface area contributed by atoms with Crippen LogP contribution in [0.5, 0.6) is 11.5 Å². The molecule has 0 radical (unpaired) electrons. The normalized spacial score (nSPS) is 9.92. The van der Waals surface area contributed by atoms with Gasteiger partial charge in [-0.3, -0.25) is 9.78 Å². The molecule has 0 aliphatic carbocycles. The molecule has 0 saturated carbocycles. The highest BCUT2D eigenvalue weighted by molar-refractivity contribution is 6.04. The first-order valence-corrected chi connectivity index (χ1v) is 7.34. The van der Waals surface area contributed by atoms with Gasteiger partial charge in [-0.05, 0) is 36.4 Å². The summed E-state index contributed by atoms with van der Waals surface area (Å²) in [6.07, 6.45) is 3.09. The third kappa shape index (κ3) is 4.18. The van der Waals surface area contributed by atoms with Crippen molar-refractivity contribution in [2.24, 2.45) is 0 Å². The number of aromatic nitrogens is 1. The standard InChI is InChI=1S/C19H12FN3O2/c20-15-8-16(10-18(9-15)25-17-5-2-6-22-12-17)23-19(24)14-4-1-3-13(7-14)11-21/h1-10,12H,(H,23,24). The summed E-state index contributed by atoms with van der Waals surface area (Å²) in [6, 6.07) is 15.5. The smallest absolute Gasteiger partial charge is 0.255 e. The Bertz CT molecular complexity index is 952. The number of rotatable bonds is 4. The third-order valence-corrected chi connectivity index (χ3v) is 3.25. The van der Waals surface area contributed by atoms with Crippen LogP contribution in [0.2, 0.25) is 0 Å². The second-order valence-corrected chi connectivity index (χ2v) is 5.11. The number of hydrogen-bond donors (Lipinski definition) is 1. The minimum atomic E-state index is -0.553. The van der Waals surface area contributed by atoms with Crippen LogP contribution in [0.1, 0.15) is 15.9 Å². The van der Waals surface area contributed by atoms with Gasteiger partial charge in [-0.1, -0.05) is 6.07 Å². The first-order chi connectivity index (χ1) is 12.1. The Kier molecular flexibility index (Phi) is 4.67. The molecule has 6 heteroatoms. The highest BCUT2D eigenvalue weighted by Crippen LogP contribution is 2.25. The number of nitrogens with zero attached hydrogens (tertiary/aromatic N) is 2. The molecule has 0 fully saturated rings. The zero-order valence-electron chi connectivity index (χ0n) is 12.9. The summed E-state index contributed by atoms with van der Waals surface area (Å²) >= 11 is 0. The molecule has 0 spiro atoms. The highest BCUT2D eigenvalue weighted by Gasteiger charge is 2.09. The minimum absolute atomic E-state index is 0.231. The van der Waals surface area contributed by atoms with E-state index in [2.05, 4.69) is 10.3 Å². The van der Waals surface area contributed by atoms with Crippen molar-refractivity contribution in [1.82, 2.24) is 4.98 Å². The monoisotopic (exact) mass is 333 g/mol. The fraction of sp³-hybridized carbons (Fsp3) is 0. The van der Waals surface area contributed by atoms with E-state index < -0.39 is 11.7 Å². The lowest BCUT2D eigenvalue weighted by atomic mass is 10.1. The van der Waals surface area contributed by atoms with Gasteiger partial charge < -0.3 is 10.1 Å². The van der Waals surface area contributed by atoms with Gasteiger partial charge >= 0.3 is 0 Å². The molecular formula is C19H12FN3O2. The van der Waals surface area contributed by atoms with Crippen LogP contribution in [0.15, 0.2) is 67.0 Å². The maximum atomic E-state index is 13.8. The maximum Gasteiger partial charge on any atom is 0.255 e. The molecule has 2 aromatic carbocycles. The molecule has 122 valence electrons. The molecule has 0 unspecified atom stereocenters. The van der Waals surface area contributed by atoms with Gasteiger partial charge in [0.2, 0.25) is 0 Å². The number of hydrogen-bond acceptors (Lipinski definition) is 4. The fourth-order valence-electron chi connectivity index (χ4n) is 2.17. The minimum Gasteiger partial charge on any atom is -0.456 e. The zero-order chi connectivity index (χ0) is 17.6.